The summed E-state index contributed by atoms with van der Waals surface area (Å²) >= 11 is 0. The van der Waals surface area contributed by atoms with E-state index in [0.29, 0.717) is 5.56 Å². The second kappa shape index (κ2) is 9.41. The number of pyridine rings is 1. The molecule has 1 aliphatic rings. The molecule has 0 fully saturated rings. The van der Waals surface area contributed by atoms with Crippen molar-refractivity contribution < 1.29 is 41.0 Å². The molecule has 3 aromatic rings. The number of carbonyl (C=O) groups excluding carboxylic acids is 1. The summed E-state index contributed by atoms with van der Waals surface area (Å²) in [7, 11) is 0. The topological polar surface area (TPSA) is 100 Å². The molecule has 4 rings (SSSR count). The minimum Gasteiger partial charge on any atom is -0.477 e. The summed E-state index contributed by atoms with van der Waals surface area (Å²) in [6, 6.07) is 6.11. The second-order valence-corrected chi connectivity index (χ2v) is 8.36. The first-order valence-electron chi connectivity index (χ1n) is 10.8. The van der Waals surface area contributed by atoms with Crippen molar-refractivity contribution in [3.63, 3.8) is 0 Å². The lowest BCUT2D eigenvalue weighted by Gasteiger charge is -2.21. The molecule has 1 atom stereocenters. The molecule has 1 amide bonds. The van der Waals surface area contributed by atoms with Crippen LogP contribution in [-0.4, -0.2) is 38.3 Å². The molecule has 8 nitrogen and oxygen atoms in total. The molecule has 0 spiro atoms. The lowest BCUT2D eigenvalue weighted by Crippen LogP contribution is -2.31. The number of aromatic carboxylic acids is 1. The Bertz CT molecular complexity index is 1330. The molecule has 2 aromatic heterocycles. The maximum Gasteiger partial charge on any atom is 0.436 e. The van der Waals surface area contributed by atoms with Gasteiger partial charge in [0.25, 0.3) is 5.91 Å². The van der Waals surface area contributed by atoms with E-state index in [-0.39, 0.29) is 36.7 Å². The number of halogens is 6. The molecule has 0 bridgehead atoms. The van der Waals surface area contributed by atoms with Crippen LogP contribution in [-0.2, 0) is 25.4 Å². The Morgan fingerprint density at radius 2 is 1.81 bits per heavy atom. The van der Waals surface area contributed by atoms with E-state index < -0.39 is 47.1 Å². The van der Waals surface area contributed by atoms with Crippen molar-refractivity contribution in [2.45, 2.75) is 38.4 Å². The Morgan fingerprint density at radius 3 is 2.41 bits per heavy atom. The van der Waals surface area contributed by atoms with Crippen LogP contribution in [0.1, 0.15) is 56.2 Å². The number of hydrogen-bond acceptors (Lipinski definition) is 5. The highest BCUT2D eigenvalue weighted by molar-refractivity contribution is 6.01. The third kappa shape index (κ3) is 5.37. The van der Waals surface area contributed by atoms with Gasteiger partial charge in [0.2, 0.25) is 0 Å². The Labute approximate surface area is 205 Å². The molecule has 0 unspecified atom stereocenters. The van der Waals surface area contributed by atoms with Gasteiger partial charge in [-0.25, -0.2) is 14.5 Å². The lowest BCUT2D eigenvalue weighted by atomic mass is 10.1. The van der Waals surface area contributed by atoms with Crippen LogP contribution in [0.2, 0.25) is 0 Å². The maximum atomic E-state index is 13.8. The van der Waals surface area contributed by atoms with Gasteiger partial charge in [0, 0.05) is 19.3 Å². The number of nitrogens with zero attached hydrogens (tertiary/aromatic N) is 4. The fourth-order valence-corrected chi connectivity index (χ4v) is 4.02. The van der Waals surface area contributed by atoms with Crippen molar-refractivity contribution >= 4 is 17.7 Å². The number of amides is 1. The SMILES string of the molecule is C[C@H](NC(=O)c1c(C(F)(F)F)nn2c1N(Cc1cccc(C(F)(F)F)c1)CC2)c1ccc(C(=O)O)nc1. The Morgan fingerprint density at radius 1 is 1.08 bits per heavy atom. The van der Waals surface area contributed by atoms with Gasteiger partial charge in [0.1, 0.15) is 17.1 Å². The minimum absolute atomic E-state index is 0.000773. The quantitative estimate of drug-likeness (QED) is 0.457. The third-order valence-corrected chi connectivity index (χ3v) is 5.78. The number of anilines is 1. The number of fused-ring (bicyclic) bond motifs is 1. The van der Waals surface area contributed by atoms with Crippen LogP contribution < -0.4 is 10.2 Å². The van der Waals surface area contributed by atoms with Crippen molar-refractivity contribution in [2.24, 2.45) is 0 Å². The molecule has 2 N–H and O–H groups in total. The predicted octanol–water partition coefficient (Wildman–Crippen LogP) is 4.53. The largest absolute Gasteiger partial charge is 0.477 e. The van der Waals surface area contributed by atoms with Crippen LogP contribution in [0, 0.1) is 0 Å². The smallest absolute Gasteiger partial charge is 0.436 e. The van der Waals surface area contributed by atoms with Gasteiger partial charge in [-0.2, -0.15) is 31.4 Å². The van der Waals surface area contributed by atoms with Crippen molar-refractivity contribution in [1.82, 2.24) is 20.1 Å². The van der Waals surface area contributed by atoms with Crippen LogP contribution >= 0.6 is 0 Å². The predicted molar refractivity (Wildman–Crippen MR) is 117 cm³/mol. The second-order valence-electron chi connectivity index (χ2n) is 8.36. The highest BCUT2D eigenvalue weighted by atomic mass is 19.4. The molecular formula is C23H19F6N5O3. The number of hydrogen-bond donors (Lipinski definition) is 2. The number of aromatic nitrogens is 3. The average molecular weight is 527 g/mol. The fraction of sp³-hybridized carbons (Fsp3) is 0.304. The van der Waals surface area contributed by atoms with Gasteiger partial charge in [-0.3, -0.25) is 4.79 Å². The maximum absolute atomic E-state index is 13.8. The standard InChI is InChI=1S/C23H19F6N5O3/c1-12(14-5-6-16(21(36)37)30-10-14)31-19(35)17-18(23(27,28)29)32-34-8-7-33(20(17)34)11-13-3-2-4-15(9-13)22(24,25)26/h2-6,9-10,12H,7-8,11H2,1H3,(H,31,35)(H,36,37)/t12-/m0/s1. The van der Waals surface area contributed by atoms with Gasteiger partial charge in [0.15, 0.2) is 5.69 Å². The molecule has 14 heteroatoms. The molecule has 37 heavy (non-hydrogen) atoms. The van der Waals surface area contributed by atoms with Crippen molar-refractivity contribution in [2.75, 3.05) is 11.4 Å². The summed E-state index contributed by atoms with van der Waals surface area (Å²) < 4.78 is 81.8. The molecule has 0 saturated carbocycles. The molecule has 0 saturated heterocycles. The van der Waals surface area contributed by atoms with Gasteiger partial charge in [-0.15, -0.1) is 0 Å². The Kier molecular flexibility index (Phi) is 6.60. The molecule has 0 radical (unpaired) electrons. The van der Waals surface area contributed by atoms with Gasteiger partial charge in [-0.1, -0.05) is 18.2 Å². The van der Waals surface area contributed by atoms with E-state index in [9.17, 15) is 35.9 Å². The van der Waals surface area contributed by atoms with E-state index in [1.54, 1.807) is 0 Å². The summed E-state index contributed by atoms with van der Waals surface area (Å²) in [5, 5.41) is 15.0. The van der Waals surface area contributed by atoms with Crippen LogP contribution in [0.5, 0.6) is 0 Å². The summed E-state index contributed by atoms with van der Waals surface area (Å²) in [5.74, 6) is -2.53. The zero-order valence-electron chi connectivity index (χ0n) is 19.1. The van der Waals surface area contributed by atoms with Crippen LogP contribution in [0.3, 0.4) is 0 Å². The molecule has 196 valence electrons. The van der Waals surface area contributed by atoms with Gasteiger partial charge in [0.05, 0.1) is 18.2 Å². The normalized spacial score (nSPS) is 14.4. The number of carbonyl (C=O) groups is 2. The summed E-state index contributed by atoms with van der Waals surface area (Å²) in [5.41, 5.74) is -2.78. The minimum atomic E-state index is -4.97. The van der Waals surface area contributed by atoms with E-state index in [1.165, 1.54) is 42.3 Å². The van der Waals surface area contributed by atoms with Gasteiger partial charge < -0.3 is 15.3 Å². The van der Waals surface area contributed by atoms with Crippen LogP contribution in [0.25, 0.3) is 0 Å². The van der Waals surface area contributed by atoms with Crippen molar-refractivity contribution in [1.29, 1.82) is 0 Å². The first kappa shape index (κ1) is 26.0. The number of nitrogens with one attached hydrogen (secondary N) is 1. The van der Waals surface area contributed by atoms with Crippen molar-refractivity contribution in [3.05, 3.63) is 76.2 Å². The fourth-order valence-electron chi connectivity index (χ4n) is 4.02. The molecule has 1 aromatic carbocycles. The Hall–Kier alpha value is -4.10. The zero-order chi connectivity index (χ0) is 27.1. The molecular weight excluding hydrogens is 508 g/mol. The van der Waals surface area contributed by atoms with Crippen molar-refractivity contribution in [3.8, 4) is 0 Å². The molecule has 0 aliphatic carbocycles. The van der Waals surface area contributed by atoms with Gasteiger partial charge in [-0.05, 0) is 36.2 Å². The van der Waals surface area contributed by atoms with E-state index in [2.05, 4.69) is 15.4 Å². The van der Waals surface area contributed by atoms with E-state index >= 15 is 0 Å². The average Bonchev–Trinajstić information content (AvgIpc) is 3.39. The number of carboxylic acid groups (broad SMARTS) is 1. The number of benzene rings is 1. The number of rotatable bonds is 6. The molecule has 1 aliphatic heterocycles. The molecule has 3 heterocycles. The summed E-state index contributed by atoms with van der Waals surface area (Å²) in [4.78, 5) is 29.2. The lowest BCUT2D eigenvalue weighted by molar-refractivity contribution is -0.142. The monoisotopic (exact) mass is 527 g/mol. The summed E-state index contributed by atoms with van der Waals surface area (Å²) in [6.45, 7) is 1.43. The number of carboxylic acids is 1. The third-order valence-electron chi connectivity index (χ3n) is 5.78. The summed E-state index contributed by atoms with van der Waals surface area (Å²) in [6.07, 6.45) is -8.38. The number of alkyl halides is 6. The van der Waals surface area contributed by atoms with E-state index in [4.69, 9.17) is 5.11 Å². The zero-order valence-corrected chi connectivity index (χ0v) is 19.1. The highest BCUT2D eigenvalue weighted by Gasteiger charge is 2.44. The van der Waals surface area contributed by atoms with Crippen LogP contribution in [0.15, 0.2) is 42.6 Å². The first-order valence-corrected chi connectivity index (χ1v) is 10.8. The van der Waals surface area contributed by atoms with E-state index in [1.807, 2.05) is 0 Å². The van der Waals surface area contributed by atoms with Gasteiger partial charge >= 0.3 is 18.3 Å². The van der Waals surface area contributed by atoms with Crippen LogP contribution in [0.4, 0.5) is 32.2 Å². The first-order chi connectivity index (χ1) is 17.3. The highest BCUT2D eigenvalue weighted by Crippen LogP contribution is 2.39. The Balaban J connectivity index is 1.65. The van der Waals surface area contributed by atoms with E-state index in [0.717, 1.165) is 16.8 Å².